The Morgan fingerprint density at radius 1 is 1.15 bits per heavy atom. The first-order valence-electron chi connectivity index (χ1n) is 8.96. The van der Waals surface area contributed by atoms with Crippen molar-refractivity contribution in [3.63, 3.8) is 0 Å². The molecule has 2 unspecified atom stereocenters. The second-order valence-corrected chi connectivity index (χ2v) is 6.58. The third kappa shape index (κ3) is 4.73. The lowest BCUT2D eigenvalue weighted by molar-refractivity contribution is -0.132. The van der Waals surface area contributed by atoms with Gasteiger partial charge in [0.2, 0.25) is 5.91 Å². The van der Waals surface area contributed by atoms with Crippen LogP contribution in [0.5, 0.6) is 11.5 Å². The molecule has 0 radical (unpaired) electrons. The van der Waals surface area contributed by atoms with Crippen LogP contribution in [0.25, 0.3) is 0 Å². The average molecular weight is 391 g/mol. The van der Waals surface area contributed by atoms with Crippen LogP contribution in [0.2, 0.25) is 0 Å². The van der Waals surface area contributed by atoms with Crippen molar-refractivity contribution in [2.75, 3.05) is 20.8 Å². The number of hydrogen-bond donors (Lipinski definition) is 1. The number of benzene rings is 2. The molecule has 1 aliphatic heterocycles. The minimum atomic E-state index is -0.282. The van der Waals surface area contributed by atoms with Crippen LogP contribution in [0.3, 0.4) is 0 Å². The molecule has 2 N–H and O–H groups in total. The van der Waals surface area contributed by atoms with E-state index in [0.717, 1.165) is 30.5 Å². The first kappa shape index (κ1) is 21.1. The van der Waals surface area contributed by atoms with Gasteiger partial charge in [-0.25, -0.2) is 0 Å². The molecule has 0 aliphatic carbocycles. The number of nitrogens with zero attached hydrogens (tertiary/aromatic N) is 1. The molecule has 1 aliphatic rings. The summed E-state index contributed by atoms with van der Waals surface area (Å²) in [5.41, 5.74) is 8.31. The second kappa shape index (κ2) is 9.62. The lowest BCUT2D eigenvalue weighted by Gasteiger charge is -2.27. The SMILES string of the molecule is COc1ccc(C2CCCN2C(=O)CC(N)c2ccccc2)cc1OC.Cl. The molecule has 2 aromatic rings. The minimum Gasteiger partial charge on any atom is -0.493 e. The number of amides is 1. The Morgan fingerprint density at radius 2 is 1.85 bits per heavy atom. The van der Waals surface area contributed by atoms with E-state index in [1.807, 2.05) is 53.4 Å². The highest BCUT2D eigenvalue weighted by Gasteiger charge is 2.31. The number of nitrogens with two attached hydrogens (primary N) is 1. The summed E-state index contributed by atoms with van der Waals surface area (Å²) in [4.78, 5) is 14.8. The van der Waals surface area contributed by atoms with Crippen molar-refractivity contribution in [2.24, 2.45) is 5.73 Å². The molecule has 0 saturated carbocycles. The summed E-state index contributed by atoms with van der Waals surface area (Å²) in [7, 11) is 3.24. The molecule has 6 heteroatoms. The maximum atomic E-state index is 12.9. The Kier molecular flexibility index (Phi) is 7.51. The molecule has 3 rings (SSSR count). The van der Waals surface area contributed by atoms with Gasteiger partial charge in [-0.15, -0.1) is 12.4 Å². The third-order valence-corrected chi connectivity index (χ3v) is 4.99. The molecule has 1 heterocycles. The van der Waals surface area contributed by atoms with E-state index in [-0.39, 0.29) is 30.4 Å². The number of rotatable bonds is 6. The van der Waals surface area contributed by atoms with Gasteiger partial charge in [0.1, 0.15) is 0 Å². The molecular weight excluding hydrogens is 364 g/mol. The predicted molar refractivity (Wildman–Crippen MR) is 108 cm³/mol. The van der Waals surface area contributed by atoms with Gasteiger partial charge in [0, 0.05) is 19.0 Å². The van der Waals surface area contributed by atoms with Gasteiger partial charge in [-0.2, -0.15) is 0 Å². The maximum absolute atomic E-state index is 12.9. The van der Waals surface area contributed by atoms with Crippen molar-refractivity contribution in [2.45, 2.75) is 31.3 Å². The van der Waals surface area contributed by atoms with Crippen LogP contribution >= 0.6 is 12.4 Å². The summed E-state index contributed by atoms with van der Waals surface area (Å²) in [6.45, 7) is 0.763. The first-order chi connectivity index (χ1) is 12.6. The van der Waals surface area contributed by atoms with Crippen molar-refractivity contribution in [3.05, 3.63) is 59.7 Å². The number of ether oxygens (including phenoxy) is 2. The Bertz CT molecular complexity index is 754. The van der Waals surface area contributed by atoms with Gasteiger partial charge in [-0.1, -0.05) is 36.4 Å². The van der Waals surface area contributed by atoms with E-state index >= 15 is 0 Å². The fraction of sp³-hybridized carbons (Fsp3) is 0.381. The predicted octanol–water partition coefficient (Wildman–Crippen LogP) is 3.88. The number of carbonyl (C=O) groups is 1. The highest BCUT2D eigenvalue weighted by molar-refractivity contribution is 5.85. The van der Waals surface area contributed by atoms with E-state index in [1.165, 1.54) is 0 Å². The Labute approximate surface area is 166 Å². The fourth-order valence-corrected chi connectivity index (χ4v) is 3.60. The monoisotopic (exact) mass is 390 g/mol. The van der Waals surface area contributed by atoms with Gasteiger partial charge in [0.05, 0.1) is 20.3 Å². The number of halogens is 1. The van der Waals surface area contributed by atoms with Crippen LogP contribution < -0.4 is 15.2 Å². The molecule has 2 aromatic carbocycles. The topological polar surface area (TPSA) is 64.8 Å². The maximum Gasteiger partial charge on any atom is 0.224 e. The molecule has 5 nitrogen and oxygen atoms in total. The van der Waals surface area contributed by atoms with Crippen LogP contribution in [0.4, 0.5) is 0 Å². The quantitative estimate of drug-likeness (QED) is 0.812. The zero-order chi connectivity index (χ0) is 18.5. The van der Waals surface area contributed by atoms with E-state index in [4.69, 9.17) is 15.2 Å². The summed E-state index contributed by atoms with van der Waals surface area (Å²) in [5, 5.41) is 0. The fourth-order valence-electron chi connectivity index (χ4n) is 3.60. The zero-order valence-corrected chi connectivity index (χ0v) is 16.6. The van der Waals surface area contributed by atoms with Gasteiger partial charge >= 0.3 is 0 Å². The zero-order valence-electron chi connectivity index (χ0n) is 15.8. The van der Waals surface area contributed by atoms with Gasteiger partial charge < -0.3 is 20.1 Å². The van der Waals surface area contributed by atoms with Crippen LogP contribution in [-0.2, 0) is 4.79 Å². The standard InChI is InChI=1S/C21H26N2O3.ClH/c1-25-19-11-10-16(13-20(19)26-2)18-9-6-12-23(18)21(24)14-17(22)15-7-4-3-5-8-15;/h3-5,7-8,10-11,13,17-18H,6,9,12,14,22H2,1-2H3;1H. The van der Waals surface area contributed by atoms with E-state index in [0.29, 0.717) is 17.9 Å². The first-order valence-corrected chi connectivity index (χ1v) is 8.96. The Balaban J connectivity index is 0.00000261. The van der Waals surface area contributed by atoms with Crippen molar-refractivity contribution >= 4 is 18.3 Å². The molecule has 1 saturated heterocycles. The van der Waals surface area contributed by atoms with E-state index in [9.17, 15) is 4.79 Å². The molecule has 146 valence electrons. The lowest BCUT2D eigenvalue weighted by Crippen LogP contribution is -2.33. The molecule has 0 bridgehead atoms. The molecular formula is C21H27ClN2O3. The molecule has 1 fully saturated rings. The van der Waals surface area contributed by atoms with Gasteiger partial charge in [0.15, 0.2) is 11.5 Å². The molecule has 27 heavy (non-hydrogen) atoms. The highest BCUT2D eigenvalue weighted by atomic mass is 35.5. The molecule has 1 amide bonds. The minimum absolute atomic E-state index is 0. The van der Waals surface area contributed by atoms with Gasteiger partial charge in [0.25, 0.3) is 0 Å². The summed E-state index contributed by atoms with van der Waals surface area (Å²) >= 11 is 0. The van der Waals surface area contributed by atoms with Crippen LogP contribution in [0.15, 0.2) is 48.5 Å². The molecule has 0 spiro atoms. The lowest BCUT2D eigenvalue weighted by atomic mass is 10.0. The van der Waals surface area contributed by atoms with Gasteiger partial charge in [-0.3, -0.25) is 4.79 Å². The summed E-state index contributed by atoms with van der Waals surface area (Å²) in [6.07, 6.45) is 2.25. The van der Waals surface area contributed by atoms with Gasteiger partial charge in [-0.05, 0) is 36.1 Å². The number of methoxy groups -OCH3 is 2. The largest absolute Gasteiger partial charge is 0.493 e. The van der Waals surface area contributed by atoms with Crippen molar-refractivity contribution in [1.29, 1.82) is 0 Å². The number of hydrogen-bond acceptors (Lipinski definition) is 4. The summed E-state index contributed by atoms with van der Waals surface area (Å²) < 4.78 is 10.7. The highest BCUT2D eigenvalue weighted by Crippen LogP contribution is 2.37. The third-order valence-electron chi connectivity index (χ3n) is 4.99. The number of carbonyl (C=O) groups excluding carboxylic acids is 1. The van der Waals surface area contributed by atoms with E-state index < -0.39 is 0 Å². The van der Waals surface area contributed by atoms with Crippen LogP contribution in [-0.4, -0.2) is 31.6 Å². The van der Waals surface area contributed by atoms with Crippen molar-refractivity contribution in [3.8, 4) is 11.5 Å². The molecule has 0 aromatic heterocycles. The van der Waals surface area contributed by atoms with Crippen molar-refractivity contribution < 1.29 is 14.3 Å². The number of likely N-dealkylation sites (tertiary alicyclic amines) is 1. The van der Waals surface area contributed by atoms with Crippen LogP contribution in [0, 0.1) is 0 Å². The summed E-state index contributed by atoms with van der Waals surface area (Å²) in [5.74, 6) is 1.47. The Hall–Kier alpha value is -2.24. The Morgan fingerprint density at radius 3 is 2.52 bits per heavy atom. The molecule has 2 atom stereocenters. The smallest absolute Gasteiger partial charge is 0.224 e. The normalized spacial score (nSPS) is 17.1. The van der Waals surface area contributed by atoms with Crippen LogP contribution in [0.1, 0.15) is 42.5 Å². The van der Waals surface area contributed by atoms with E-state index in [2.05, 4.69) is 0 Å². The average Bonchev–Trinajstić information content (AvgIpc) is 3.18. The van der Waals surface area contributed by atoms with Crippen molar-refractivity contribution in [1.82, 2.24) is 4.90 Å². The van der Waals surface area contributed by atoms with E-state index in [1.54, 1.807) is 14.2 Å². The summed E-state index contributed by atoms with van der Waals surface area (Å²) in [6, 6.07) is 15.4. The second-order valence-electron chi connectivity index (χ2n) is 6.58.